The third-order valence-electron chi connectivity index (χ3n) is 4.18. The lowest BCUT2D eigenvalue weighted by molar-refractivity contribution is -0.160. The Morgan fingerprint density at radius 2 is 2.12 bits per heavy atom. The zero-order valence-corrected chi connectivity index (χ0v) is 14.7. The number of hydrogen-bond donors (Lipinski definition) is 1. The van der Waals surface area contributed by atoms with Gasteiger partial charge >= 0.3 is 0 Å². The summed E-state index contributed by atoms with van der Waals surface area (Å²) < 4.78 is 7.27. The van der Waals surface area contributed by atoms with Crippen LogP contribution in [0.1, 0.15) is 18.5 Å². The third-order valence-corrected chi connectivity index (χ3v) is 4.43. The second kappa shape index (κ2) is 7.25. The van der Waals surface area contributed by atoms with Crippen LogP contribution in [0.25, 0.3) is 0 Å². The Morgan fingerprint density at radius 1 is 1.40 bits per heavy atom. The van der Waals surface area contributed by atoms with Gasteiger partial charge in [-0.05, 0) is 24.6 Å². The van der Waals surface area contributed by atoms with E-state index in [4.69, 9.17) is 16.3 Å². The molecule has 1 aromatic carbocycles. The van der Waals surface area contributed by atoms with Gasteiger partial charge in [-0.15, -0.1) is 0 Å². The molecule has 1 aliphatic rings. The van der Waals surface area contributed by atoms with E-state index in [0.29, 0.717) is 17.3 Å². The number of benzene rings is 1. The minimum absolute atomic E-state index is 0.132. The number of likely N-dealkylation sites (N-methyl/N-ethyl adjacent to an activating group) is 1. The molecule has 25 heavy (non-hydrogen) atoms. The van der Waals surface area contributed by atoms with Crippen molar-refractivity contribution in [2.24, 2.45) is 0 Å². The molecule has 2 aromatic rings. The predicted molar refractivity (Wildman–Crippen MR) is 93.2 cm³/mol. The van der Waals surface area contributed by atoms with E-state index >= 15 is 0 Å². The molecular weight excluding hydrogens is 344 g/mol. The van der Waals surface area contributed by atoms with Crippen molar-refractivity contribution in [2.75, 3.05) is 19.0 Å². The van der Waals surface area contributed by atoms with Crippen LogP contribution in [0.4, 0.5) is 5.69 Å². The maximum atomic E-state index is 12.7. The Hall–Kier alpha value is -2.38. The highest BCUT2D eigenvalue weighted by Gasteiger charge is 2.40. The first-order valence-corrected chi connectivity index (χ1v) is 8.33. The zero-order chi connectivity index (χ0) is 18.0. The summed E-state index contributed by atoms with van der Waals surface area (Å²) in [5.74, 6) is -0.502. The molecule has 0 radical (unpaired) electrons. The highest BCUT2D eigenvalue weighted by molar-refractivity contribution is 6.30. The molecule has 1 aliphatic heterocycles. The summed E-state index contributed by atoms with van der Waals surface area (Å²) in [5, 5.41) is 7.52. The second-order valence-electron chi connectivity index (χ2n) is 5.81. The lowest BCUT2D eigenvalue weighted by Gasteiger charge is -2.38. The summed E-state index contributed by atoms with van der Waals surface area (Å²) in [6.45, 7) is 2.54. The number of carbonyl (C=O) groups excluding carboxylic acids is 2. The van der Waals surface area contributed by atoms with E-state index in [0.717, 1.165) is 5.56 Å². The van der Waals surface area contributed by atoms with Crippen molar-refractivity contribution in [3.8, 4) is 0 Å². The van der Waals surface area contributed by atoms with E-state index in [2.05, 4.69) is 10.4 Å². The Bertz CT molecular complexity index is 774. The van der Waals surface area contributed by atoms with E-state index in [9.17, 15) is 9.59 Å². The fourth-order valence-electron chi connectivity index (χ4n) is 2.80. The molecule has 0 bridgehead atoms. The molecule has 132 valence electrons. The van der Waals surface area contributed by atoms with E-state index in [-0.39, 0.29) is 18.4 Å². The van der Waals surface area contributed by atoms with Gasteiger partial charge in [-0.25, -0.2) is 0 Å². The van der Waals surface area contributed by atoms with Gasteiger partial charge in [0.05, 0.1) is 17.9 Å². The number of ether oxygens (including phenoxy) is 1. The van der Waals surface area contributed by atoms with Gasteiger partial charge in [0.25, 0.3) is 5.91 Å². The Balaban J connectivity index is 1.84. The number of halogens is 1. The molecule has 3 rings (SSSR count). The summed E-state index contributed by atoms with van der Waals surface area (Å²) in [5.41, 5.74) is 1.37. The van der Waals surface area contributed by atoms with E-state index in [1.807, 2.05) is 6.92 Å². The number of aromatic nitrogens is 2. The zero-order valence-electron chi connectivity index (χ0n) is 14.0. The maximum Gasteiger partial charge on any atom is 0.256 e. The molecule has 8 heteroatoms. The van der Waals surface area contributed by atoms with Crippen LogP contribution in [-0.2, 0) is 20.9 Å². The number of hydrogen-bond acceptors (Lipinski definition) is 4. The van der Waals surface area contributed by atoms with Crippen molar-refractivity contribution < 1.29 is 14.3 Å². The third kappa shape index (κ3) is 3.67. The standard InChI is InChI=1S/C17H19ClN4O3/c1-3-22-9-13(8-19-22)20-17(24)16-15(21(2)14(23)10-25-16)11-4-6-12(18)7-5-11/h4-9,15-16H,3,10H2,1-2H3,(H,20,24). The summed E-state index contributed by atoms with van der Waals surface area (Å²) in [6, 6.07) is 6.51. The molecule has 1 saturated heterocycles. The van der Waals surface area contributed by atoms with Gasteiger partial charge < -0.3 is 15.0 Å². The van der Waals surface area contributed by atoms with Crippen LogP contribution in [0.3, 0.4) is 0 Å². The van der Waals surface area contributed by atoms with Crippen LogP contribution >= 0.6 is 11.6 Å². The van der Waals surface area contributed by atoms with Gasteiger partial charge in [-0.1, -0.05) is 23.7 Å². The molecule has 2 heterocycles. The van der Waals surface area contributed by atoms with E-state index in [1.54, 1.807) is 48.4 Å². The highest BCUT2D eigenvalue weighted by atomic mass is 35.5. The molecule has 2 unspecified atom stereocenters. The van der Waals surface area contributed by atoms with Gasteiger partial charge in [0.2, 0.25) is 5.91 Å². The minimum Gasteiger partial charge on any atom is -0.356 e. The maximum absolute atomic E-state index is 12.7. The molecule has 7 nitrogen and oxygen atoms in total. The van der Waals surface area contributed by atoms with Crippen molar-refractivity contribution in [1.82, 2.24) is 14.7 Å². The number of morpholine rings is 1. The van der Waals surface area contributed by atoms with Crippen LogP contribution in [0.2, 0.25) is 5.02 Å². The number of aryl methyl sites for hydroxylation is 1. The van der Waals surface area contributed by atoms with Gasteiger partial charge in [-0.2, -0.15) is 5.10 Å². The van der Waals surface area contributed by atoms with Crippen LogP contribution in [0.15, 0.2) is 36.7 Å². The van der Waals surface area contributed by atoms with Crippen molar-refractivity contribution in [1.29, 1.82) is 0 Å². The molecule has 2 atom stereocenters. The van der Waals surface area contributed by atoms with Crippen molar-refractivity contribution >= 4 is 29.1 Å². The minimum atomic E-state index is -0.825. The van der Waals surface area contributed by atoms with Crippen molar-refractivity contribution in [2.45, 2.75) is 25.6 Å². The van der Waals surface area contributed by atoms with Gasteiger partial charge in [-0.3, -0.25) is 14.3 Å². The largest absolute Gasteiger partial charge is 0.356 e. The lowest BCUT2D eigenvalue weighted by atomic mass is 9.97. The first kappa shape index (κ1) is 17.4. The Labute approximate surface area is 150 Å². The molecule has 0 saturated carbocycles. The number of nitrogens with zero attached hydrogens (tertiary/aromatic N) is 3. The van der Waals surface area contributed by atoms with E-state index in [1.165, 1.54) is 4.90 Å². The fourth-order valence-corrected chi connectivity index (χ4v) is 2.93. The number of carbonyl (C=O) groups is 2. The van der Waals surface area contributed by atoms with Crippen LogP contribution < -0.4 is 5.32 Å². The van der Waals surface area contributed by atoms with E-state index < -0.39 is 12.1 Å². The van der Waals surface area contributed by atoms with Crippen molar-refractivity contribution in [3.05, 3.63) is 47.2 Å². The summed E-state index contributed by atoms with van der Waals surface area (Å²) in [7, 11) is 1.67. The topological polar surface area (TPSA) is 76.5 Å². The monoisotopic (exact) mass is 362 g/mol. The number of nitrogens with one attached hydrogen (secondary N) is 1. The normalized spacial score (nSPS) is 20.6. The fraction of sp³-hybridized carbons (Fsp3) is 0.353. The number of amides is 2. The smallest absolute Gasteiger partial charge is 0.256 e. The average Bonchev–Trinajstić information content (AvgIpc) is 3.05. The number of rotatable bonds is 4. The predicted octanol–water partition coefficient (Wildman–Crippen LogP) is 2.09. The molecule has 0 spiro atoms. The summed E-state index contributed by atoms with van der Waals surface area (Å²) in [4.78, 5) is 26.3. The average molecular weight is 363 g/mol. The molecule has 1 N–H and O–H groups in total. The summed E-state index contributed by atoms with van der Waals surface area (Å²) >= 11 is 5.94. The molecular formula is C17H19ClN4O3. The first-order valence-electron chi connectivity index (χ1n) is 7.95. The SMILES string of the molecule is CCn1cc(NC(=O)C2OCC(=O)N(C)C2c2ccc(Cl)cc2)cn1. The van der Waals surface area contributed by atoms with Gasteiger partial charge in [0.15, 0.2) is 6.10 Å². The second-order valence-corrected chi connectivity index (χ2v) is 6.24. The van der Waals surface area contributed by atoms with Crippen molar-refractivity contribution in [3.63, 3.8) is 0 Å². The highest BCUT2D eigenvalue weighted by Crippen LogP contribution is 2.30. The first-order chi connectivity index (χ1) is 12.0. The lowest BCUT2D eigenvalue weighted by Crippen LogP contribution is -2.51. The quantitative estimate of drug-likeness (QED) is 0.903. The van der Waals surface area contributed by atoms with Crippen LogP contribution in [0, 0.1) is 0 Å². The van der Waals surface area contributed by atoms with Gasteiger partial charge in [0, 0.05) is 24.8 Å². The van der Waals surface area contributed by atoms with Crippen LogP contribution in [-0.4, -0.2) is 46.3 Å². The molecule has 1 fully saturated rings. The molecule has 1 aromatic heterocycles. The Kier molecular flexibility index (Phi) is 5.06. The van der Waals surface area contributed by atoms with Crippen LogP contribution in [0.5, 0.6) is 0 Å². The molecule has 0 aliphatic carbocycles. The number of anilines is 1. The summed E-state index contributed by atoms with van der Waals surface area (Å²) in [6.07, 6.45) is 2.50. The molecule has 2 amide bonds. The Morgan fingerprint density at radius 3 is 2.76 bits per heavy atom. The van der Waals surface area contributed by atoms with Gasteiger partial charge in [0.1, 0.15) is 6.61 Å².